The number of carbonyl (C=O) groups excluding carboxylic acids is 1. The first-order chi connectivity index (χ1) is 7.61. The lowest BCUT2D eigenvalue weighted by Gasteiger charge is -2.04. The summed E-state index contributed by atoms with van der Waals surface area (Å²) in [6.07, 6.45) is 0.641. The number of benzene rings is 1. The molecule has 0 aliphatic carbocycles. The molecular formula is C11H12ClF2NO. The lowest BCUT2D eigenvalue weighted by Crippen LogP contribution is -2.25. The standard InChI is InChI=1S/C11H12ClF2NO/c12-3-1-11(16)15-4-2-8-5-9(13)7-10(14)6-8/h5-7H,1-4H2,(H,15,16). The van der Waals surface area contributed by atoms with E-state index in [9.17, 15) is 13.6 Å². The predicted molar refractivity (Wildman–Crippen MR) is 58.4 cm³/mol. The van der Waals surface area contributed by atoms with Crippen molar-refractivity contribution >= 4 is 17.5 Å². The highest BCUT2D eigenvalue weighted by Gasteiger charge is 2.02. The molecule has 2 nitrogen and oxygen atoms in total. The lowest BCUT2D eigenvalue weighted by molar-refractivity contribution is -0.120. The van der Waals surface area contributed by atoms with Gasteiger partial charge in [-0.05, 0) is 24.1 Å². The Bertz CT molecular complexity index is 351. The topological polar surface area (TPSA) is 29.1 Å². The molecule has 1 aromatic carbocycles. The van der Waals surface area contributed by atoms with Crippen molar-refractivity contribution < 1.29 is 13.6 Å². The lowest BCUT2D eigenvalue weighted by atomic mass is 10.1. The van der Waals surface area contributed by atoms with Crippen LogP contribution in [-0.4, -0.2) is 18.3 Å². The normalized spacial score (nSPS) is 10.2. The Morgan fingerprint density at radius 2 is 1.88 bits per heavy atom. The van der Waals surface area contributed by atoms with Crippen molar-refractivity contribution in [3.63, 3.8) is 0 Å². The van der Waals surface area contributed by atoms with Gasteiger partial charge in [0.15, 0.2) is 0 Å². The molecule has 0 fully saturated rings. The van der Waals surface area contributed by atoms with Crippen LogP contribution in [0.25, 0.3) is 0 Å². The number of rotatable bonds is 5. The van der Waals surface area contributed by atoms with E-state index in [0.29, 0.717) is 18.5 Å². The number of nitrogens with one attached hydrogen (secondary N) is 1. The summed E-state index contributed by atoms with van der Waals surface area (Å²) < 4.78 is 25.6. The molecule has 0 spiro atoms. The van der Waals surface area contributed by atoms with Crippen LogP contribution in [0.4, 0.5) is 8.78 Å². The molecule has 5 heteroatoms. The number of alkyl halides is 1. The summed E-state index contributed by atoms with van der Waals surface area (Å²) in [4.78, 5) is 11.0. The first-order valence-electron chi connectivity index (χ1n) is 4.89. The first kappa shape index (κ1) is 12.9. The van der Waals surface area contributed by atoms with Crippen LogP contribution in [0.2, 0.25) is 0 Å². The van der Waals surface area contributed by atoms with Crippen molar-refractivity contribution in [2.24, 2.45) is 0 Å². The van der Waals surface area contributed by atoms with Crippen molar-refractivity contribution in [3.8, 4) is 0 Å². The first-order valence-corrected chi connectivity index (χ1v) is 5.43. The molecular weight excluding hydrogens is 236 g/mol. The summed E-state index contributed by atoms with van der Waals surface area (Å²) >= 11 is 5.37. The van der Waals surface area contributed by atoms with Crippen LogP contribution in [-0.2, 0) is 11.2 Å². The van der Waals surface area contributed by atoms with Crippen LogP contribution in [0.15, 0.2) is 18.2 Å². The van der Waals surface area contributed by atoms with Gasteiger partial charge in [-0.1, -0.05) is 0 Å². The highest BCUT2D eigenvalue weighted by molar-refractivity contribution is 6.18. The van der Waals surface area contributed by atoms with Gasteiger partial charge in [0.1, 0.15) is 11.6 Å². The summed E-state index contributed by atoms with van der Waals surface area (Å²) in [6.45, 7) is 0.346. The molecule has 0 unspecified atom stereocenters. The fourth-order valence-corrected chi connectivity index (χ4v) is 1.45. The molecule has 0 saturated heterocycles. The van der Waals surface area contributed by atoms with E-state index >= 15 is 0 Å². The minimum atomic E-state index is -0.609. The molecule has 0 aromatic heterocycles. The van der Waals surface area contributed by atoms with Crippen molar-refractivity contribution in [2.45, 2.75) is 12.8 Å². The summed E-state index contributed by atoms with van der Waals surface area (Å²) in [6, 6.07) is 3.31. The van der Waals surface area contributed by atoms with Gasteiger partial charge in [0.2, 0.25) is 5.91 Å². The van der Waals surface area contributed by atoms with E-state index in [-0.39, 0.29) is 18.2 Å². The molecule has 0 atom stereocenters. The number of hydrogen-bond donors (Lipinski definition) is 1. The van der Waals surface area contributed by atoms with Gasteiger partial charge in [-0.2, -0.15) is 0 Å². The summed E-state index contributed by atoms with van der Waals surface area (Å²) in [5.74, 6) is -1.11. The zero-order chi connectivity index (χ0) is 12.0. The van der Waals surface area contributed by atoms with E-state index in [4.69, 9.17) is 11.6 Å². The SMILES string of the molecule is O=C(CCCl)NCCc1cc(F)cc(F)c1. The molecule has 0 bridgehead atoms. The molecule has 1 aromatic rings. The largest absolute Gasteiger partial charge is 0.356 e. The molecule has 1 N–H and O–H groups in total. The molecule has 16 heavy (non-hydrogen) atoms. The summed E-state index contributed by atoms with van der Waals surface area (Å²) in [5.41, 5.74) is 0.517. The number of amides is 1. The van der Waals surface area contributed by atoms with Crippen LogP contribution in [0.1, 0.15) is 12.0 Å². The molecule has 0 radical (unpaired) electrons. The monoisotopic (exact) mass is 247 g/mol. The fourth-order valence-electron chi connectivity index (χ4n) is 1.28. The minimum absolute atomic E-state index is 0.160. The minimum Gasteiger partial charge on any atom is -0.356 e. The molecule has 1 rings (SSSR count). The van der Waals surface area contributed by atoms with E-state index in [1.165, 1.54) is 12.1 Å². The second kappa shape index (κ2) is 6.43. The fraction of sp³-hybridized carbons (Fsp3) is 0.364. The van der Waals surface area contributed by atoms with E-state index in [0.717, 1.165) is 6.07 Å². The highest BCUT2D eigenvalue weighted by Crippen LogP contribution is 2.08. The molecule has 0 heterocycles. The molecule has 0 saturated carbocycles. The maximum absolute atomic E-state index is 12.8. The Morgan fingerprint density at radius 1 is 1.25 bits per heavy atom. The van der Waals surface area contributed by atoms with Gasteiger partial charge in [0, 0.05) is 24.9 Å². The quantitative estimate of drug-likeness (QED) is 0.795. The highest BCUT2D eigenvalue weighted by atomic mass is 35.5. The third kappa shape index (κ3) is 4.57. The van der Waals surface area contributed by atoms with Crippen molar-refractivity contribution in [1.29, 1.82) is 0 Å². The molecule has 1 amide bonds. The van der Waals surface area contributed by atoms with Gasteiger partial charge in [0.05, 0.1) is 0 Å². The van der Waals surface area contributed by atoms with Gasteiger partial charge in [-0.25, -0.2) is 8.78 Å². The summed E-state index contributed by atoms with van der Waals surface area (Å²) in [5, 5.41) is 2.60. The Hall–Kier alpha value is -1.16. The molecule has 88 valence electrons. The third-order valence-electron chi connectivity index (χ3n) is 1.98. The number of halogens is 3. The second-order valence-corrected chi connectivity index (χ2v) is 3.69. The van der Waals surface area contributed by atoms with Gasteiger partial charge in [0.25, 0.3) is 0 Å². The van der Waals surface area contributed by atoms with Gasteiger partial charge in [-0.3, -0.25) is 4.79 Å². The smallest absolute Gasteiger partial charge is 0.221 e. The van der Waals surface area contributed by atoms with Crippen LogP contribution in [0, 0.1) is 11.6 Å². The second-order valence-electron chi connectivity index (χ2n) is 3.32. The van der Waals surface area contributed by atoms with Crippen molar-refractivity contribution in [3.05, 3.63) is 35.4 Å². The van der Waals surface area contributed by atoms with E-state index in [2.05, 4.69) is 5.32 Å². The van der Waals surface area contributed by atoms with Gasteiger partial charge >= 0.3 is 0 Å². The van der Waals surface area contributed by atoms with Crippen LogP contribution < -0.4 is 5.32 Å². The zero-order valence-electron chi connectivity index (χ0n) is 8.60. The van der Waals surface area contributed by atoms with Crippen LogP contribution in [0.5, 0.6) is 0 Å². The number of hydrogen-bond acceptors (Lipinski definition) is 1. The predicted octanol–water partition coefficient (Wildman–Crippen LogP) is 2.25. The zero-order valence-corrected chi connectivity index (χ0v) is 9.36. The van der Waals surface area contributed by atoms with E-state index < -0.39 is 11.6 Å². The van der Waals surface area contributed by atoms with Gasteiger partial charge < -0.3 is 5.32 Å². The van der Waals surface area contributed by atoms with Gasteiger partial charge in [-0.15, -0.1) is 11.6 Å². The average Bonchev–Trinajstić information content (AvgIpc) is 2.16. The van der Waals surface area contributed by atoms with E-state index in [1.54, 1.807) is 0 Å². The van der Waals surface area contributed by atoms with Crippen LogP contribution >= 0.6 is 11.6 Å². The Balaban J connectivity index is 2.40. The van der Waals surface area contributed by atoms with Crippen LogP contribution in [0.3, 0.4) is 0 Å². The maximum Gasteiger partial charge on any atom is 0.221 e. The van der Waals surface area contributed by atoms with Crippen molar-refractivity contribution in [1.82, 2.24) is 5.32 Å². The van der Waals surface area contributed by atoms with E-state index in [1.807, 2.05) is 0 Å². The summed E-state index contributed by atoms with van der Waals surface area (Å²) in [7, 11) is 0. The van der Waals surface area contributed by atoms with Crippen molar-refractivity contribution in [2.75, 3.05) is 12.4 Å². The maximum atomic E-state index is 12.8. The third-order valence-corrected chi connectivity index (χ3v) is 2.17. The Morgan fingerprint density at radius 3 is 2.44 bits per heavy atom. The Labute approximate surface area is 97.6 Å². The average molecular weight is 248 g/mol. The Kier molecular flexibility index (Phi) is 5.19. The molecule has 0 aliphatic heterocycles. The number of carbonyl (C=O) groups is 1. The molecule has 0 aliphatic rings.